The molecule has 1 N–H and O–H groups in total. The minimum absolute atomic E-state index is 0.326. The van der Waals surface area contributed by atoms with Gasteiger partial charge >= 0.3 is 11.9 Å². The Morgan fingerprint density at radius 3 is 2.18 bits per heavy atom. The standard InChI is InChI=1S/C12H21NO4/c1-5-16-10(14)8-6-13-7-9(8)11(15)17-12(2,3)4/h8-9,13H,5-7H2,1-4H3. The van der Waals surface area contributed by atoms with Crippen molar-refractivity contribution in [3.8, 4) is 0 Å². The van der Waals surface area contributed by atoms with Gasteiger partial charge in [-0.1, -0.05) is 0 Å². The largest absolute Gasteiger partial charge is 0.466 e. The van der Waals surface area contributed by atoms with Crippen LogP contribution in [0, 0.1) is 11.8 Å². The molecule has 17 heavy (non-hydrogen) atoms. The third-order valence-electron chi connectivity index (χ3n) is 2.51. The molecule has 0 spiro atoms. The molecule has 1 aliphatic heterocycles. The van der Waals surface area contributed by atoms with Gasteiger partial charge in [0.1, 0.15) is 5.60 Å². The normalized spacial score (nSPS) is 24.5. The number of esters is 2. The predicted octanol–water partition coefficient (Wildman–Crippen LogP) is 0.727. The van der Waals surface area contributed by atoms with Crippen LogP contribution in [0.2, 0.25) is 0 Å². The summed E-state index contributed by atoms with van der Waals surface area (Å²) in [7, 11) is 0. The van der Waals surface area contributed by atoms with Crippen molar-refractivity contribution in [1.82, 2.24) is 5.32 Å². The molecule has 0 aromatic carbocycles. The van der Waals surface area contributed by atoms with Gasteiger partial charge in [0.05, 0.1) is 18.4 Å². The van der Waals surface area contributed by atoms with Gasteiger partial charge in [0.25, 0.3) is 0 Å². The second-order valence-electron chi connectivity index (χ2n) is 5.16. The third kappa shape index (κ3) is 4.00. The molecule has 0 aliphatic carbocycles. The molecule has 98 valence electrons. The van der Waals surface area contributed by atoms with E-state index in [-0.39, 0.29) is 11.9 Å². The topological polar surface area (TPSA) is 64.6 Å². The molecule has 0 amide bonds. The average molecular weight is 243 g/mol. The van der Waals surface area contributed by atoms with Crippen LogP contribution in [0.1, 0.15) is 27.7 Å². The van der Waals surface area contributed by atoms with Crippen molar-refractivity contribution in [2.45, 2.75) is 33.3 Å². The Kier molecular flexibility index (Phi) is 4.51. The van der Waals surface area contributed by atoms with E-state index < -0.39 is 17.4 Å². The van der Waals surface area contributed by atoms with E-state index in [4.69, 9.17) is 9.47 Å². The second kappa shape index (κ2) is 5.49. The molecule has 0 aromatic rings. The number of carbonyl (C=O) groups excluding carboxylic acids is 2. The highest BCUT2D eigenvalue weighted by Gasteiger charge is 2.40. The van der Waals surface area contributed by atoms with Crippen molar-refractivity contribution in [3.05, 3.63) is 0 Å². The van der Waals surface area contributed by atoms with E-state index in [1.54, 1.807) is 6.92 Å². The SMILES string of the molecule is CCOC(=O)C1CNCC1C(=O)OC(C)(C)C. The molecule has 1 heterocycles. The molecule has 2 atom stereocenters. The summed E-state index contributed by atoms with van der Waals surface area (Å²) >= 11 is 0. The fraction of sp³-hybridized carbons (Fsp3) is 0.833. The van der Waals surface area contributed by atoms with Crippen LogP contribution in [-0.4, -0.2) is 37.2 Å². The first-order valence-electron chi connectivity index (χ1n) is 5.95. The van der Waals surface area contributed by atoms with E-state index in [2.05, 4.69) is 5.32 Å². The van der Waals surface area contributed by atoms with Crippen molar-refractivity contribution in [2.75, 3.05) is 19.7 Å². The Bertz CT molecular complexity index is 295. The van der Waals surface area contributed by atoms with Crippen LogP contribution in [0.25, 0.3) is 0 Å². The smallest absolute Gasteiger partial charge is 0.311 e. The van der Waals surface area contributed by atoms with Gasteiger partial charge in [-0.2, -0.15) is 0 Å². The molecule has 5 nitrogen and oxygen atoms in total. The minimum Gasteiger partial charge on any atom is -0.466 e. The van der Waals surface area contributed by atoms with Gasteiger partial charge in [0.2, 0.25) is 0 Å². The highest BCUT2D eigenvalue weighted by Crippen LogP contribution is 2.22. The van der Waals surface area contributed by atoms with E-state index in [0.29, 0.717) is 19.7 Å². The minimum atomic E-state index is -0.529. The van der Waals surface area contributed by atoms with Crippen LogP contribution in [0.5, 0.6) is 0 Å². The quantitative estimate of drug-likeness (QED) is 0.740. The summed E-state index contributed by atoms with van der Waals surface area (Å²) in [5, 5.41) is 3.03. The molecule has 1 saturated heterocycles. The maximum Gasteiger partial charge on any atom is 0.311 e. The van der Waals surface area contributed by atoms with Gasteiger partial charge in [-0.3, -0.25) is 9.59 Å². The average Bonchev–Trinajstić information content (AvgIpc) is 2.63. The number of nitrogens with one attached hydrogen (secondary N) is 1. The highest BCUT2D eigenvalue weighted by atomic mass is 16.6. The monoisotopic (exact) mass is 243 g/mol. The lowest BCUT2D eigenvalue weighted by Gasteiger charge is -2.23. The molecular weight excluding hydrogens is 222 g/mol. The predicted molar refractivity (Wildman–Crippen MR) is 62.3 cm³/mol. The van der Waals surface area contributed by atoms with E-state index >= 15 is 0 Å². The van der Waals surface area contributed by atoms with Crippen molar-refractivity contribution in [3.63, 3.8) is 0 Å². The molecular formula is C12H21NO4. The molecule has 1 aliphatic rings. The van der Waals surface area contributed by atoms with Crippen molar-refractivity contribution >= 4 is 11.9 Å². The Labute approximate surface area is 102 Å². The Hall–Kier alpha value is -1.10. The number of carbonyl (C=O) groups is 2. The van der Waals surface area contributed by atoms with Crippen LogP contribution in [0.4, 0.5) is 0 Å². The first-order chi connectivity index (χ1) is 7.85. The van der Waals surface area contributed by atoms with Crippen LogP contribution in [-0.2, 0) is 19.1 Å². The third-order valence-corrected chi connectivity index (χ3v) is 2.51. The summed E-state index contributed by atoms with van der Waals surface area (Å²) < 4.78 is 10.2. The Morgan fingerprint density at radius 1 is 1.18 bits per heavy atom. The van der Waals surface area contributed by atoms with Gasteiger partial charge in [-0.25, -0.2) is 0 Å². The van der Waals surface area contributed by atoms with Gasteiger partial charge in [-0.15, -0.1) is 0 Å². The lowest BCUT2D eigenvalue weighted by atomic mass is 9.96. The zero-order chi connectivity index (χ0) is 13.1. The summed E-state index contributed by atoms with van der Waals surface area (Å²) in [4.78, 5) is 23.6. The highest BCUT2D eigenvalue weighted by molar-refractivity contribution is 5.83. The first kappa shape index (κ1) is 14.0. The lowest BCUT2D eigenvalue weighted by molar-refractivity contribution is -0.165. The molecule has 1 fully saturated rings. The van der Waals surface area contributed by atoms with Crippen LogP contribution in [0.3, 0.4) is 0 Å². The molecule has 0 aromatic heterocycles. The number of ether oxygens (including phenoxy) is 2. The number of hydrogen-bond acceptors (Lipinski definition) is 5. The van der Waals surface area contributed by atoms with Gasteiger partial charge in [-0.05, 0) is 27.7 Å². The van der Waals surface area contributed by atoms with Crippen molar-refractivity contribution in [2.24, 2.45) is 11.8 Å². The Morgan fingerprint density at radius 2 is 1.71 bits per heavy atom. The van der Waals surface area contributed by atoms with Crippen LogP contribution >= 0.6 is 0 Å². The molecule has 1 rings (SSSR count). The molecule has 5 heteroatoms. The molecule has 0 bridgehead atoms. The zero-order valence-corrected chi connectivity index (χ0v) is 10.9. The van der Waals surface area contributed by atoms with Gasteiger partial charge < -0.3 is 14.8 Å². The van der Waals surface area contributed by atoms with Crippen LogP contribution < -0.4 is 5.32 Å². The van der Waals surface area contributed by atoms with E-state index in [9.17, 15) is 9.59 Å². The first-order valence-corrected chi connectivity index (χ1v) is 5.95. The summed E-state index contributed by atoms with van der Waals surface area (Å²) in [6.45, 7) is 8.46. The zero-order valence-electron chi connectivity index (χ0n) is 10.9. The van der Waals surface area contributed by atoms with Gasteiger partial charge in [0, 0.05) is 13.1 Å². The van der Waals surface area contributed by atoms with Crippen molar-refractivity contribution in [1.29, 1.82) is 0 Å². The summed E-state index contributed by atoms with van der Waals surface area (Å²) in [5.74, 6) is -1.52. The fourth-order valence-electron chi connectivity index (χ4n) is 1.80. The lowest BCUT2D eigenvalue weighted by Crippen LogP contribution is -2.35. The summed E-state index contributed by atoms with van der Waals surface area (Å²) in [6, 6.07) is 0. The van der Waals surface area contributed by atoms with E-state index in [1.165, 1.54) is 0 Å². The summed E-state index contributed by atoms with van der Waals surface area (Å²) in [5.41, 5.74) is -0.529. The Balaban J connectivity index is 2.63. The number of rotatable bonds is 3. The van der Waals surface area contributed by atoms with E-state index in [0.717, 1.165) is 0 Å². The maximum atomic E-state index is 11.9. The number of hydrogen-bond donors (Lipinski definition) is 1. The molecule has 0 radical (unpaired) electrons. The van der Waals surface area contributed by atoms with E-state index in [1.807, 2.05) is 20.8 Å². The van der Waals surface area contributed by atoms with Crippen LogP contribution in [0.15, 0.2) is 0 Å². The maximum absolute atomic E-state index is 11.9. The summed E-state index contributed by atoms with van der Waals surface area (Å²) in [6.07, 6.45) is 0. The molecule has 2 unspecified atom stereocenters. The second-order valence-corrected chi connectivity index (χ2v) is 5.16. The van der Waals surface area contributed by atoms with Crippen molar-refractivity contribution < 1.29 is 19.1 Å². The molecule has 0 saturated carbocycles. The fourth-order valence-corrected chi connectivity index (χ4v) is 1.80. The van der Waals surface area contributed by atoms with Gasteiger partial charge in [0.15, 0.2) is 0 Å².